The van der Waals surface area contributed by atoms with Crippen molar-refractivity contribution in [1.82, 2.24) is 4.98 Å². The molecule has 21 heavy (non-hydrogen) atoms. The van der Waals surface area contributed by atoms with Crippen LogP contribution in [0.15, 0.2) is 23.2 Å². The Morgan fingerprint density at radius 3 is 2.86 bits per heavy atom. The van der Waals surface area contributed by atoms with Gasteiger partial charge in [0.05, 0.1) is 13.0 Å². The summed E-state index contributed by atoms with van der Waals surface area (Å²) >= 11 is 7.31. The van der Waals surface area contributed by atoms with Crippen LogP contribution in [0.3, 0.4) is 0 Å². The third-order valence-corrected chi connectivity index (χ3v) is 4.51. The Bertz CT molecular complexity index is 411. The molecule has 0 aliphatic heterocycles. The minimum atomic E-state index is -0.112. The maximum absolute atomic E-state index is 11.7. The van der Waals surface area contributed by atoms with Crippen LogP contribution in [-0.2, 0) is 9.53 Å². The van der Waals surface area contributed by atoms with Gasteiger partial charge in [-0.15, -0.1) is 11.8 Å². The number of unbranched alkanes of at least 4 members (excludes halogenated alkanes) is 1. The van der Waals surface area contributed by atoms with E-state index >= 15 is 0 Å². The molecule has 3 nitrogen and oxygen atoms in total. The lowest BCUT2D eigenvalue weighted by molar-refractivity contribution is -0.144. The fourth-order valence-corrected chi connectivity index (χ4v) is 2.79. The van der Waals surface area contributed by atoms with Crippen LogP contribution in [0.25, 0.3) is 0 Å². The monoisotopic (exact) mass is 329 g/mol. The summed E-state index contributed by atoms with van der Waals surface area (Å²) in [5.41, 5.74) is 0. The van der Waals surface area contributed by atoms with Crippen molar-refractivity contribution in [2.24, 2.45) is 5.92 Å². The lowest BCUT2D eigenvalue weighted by Gasteiger charge is -2.14. The first-order chi connectivity index (χ1) is 10.2. The molecule has 0 aliphatic carbocycles. The van der Waals surface area contributed by atoms with Gasteiger partial charge in [0, 0.05) is 16.8 Å². The Labute approximate surface area is 136 Å². The third kappa shape index (κ3) is 8.32. The summed E-state index contributed by atoms with van der Waals surface area (Å²) in [6, 6.07) is 3.66. The molecule has 1 heterocycles. The summed E-state index contributed by atoms with van der Waals surface area (Å²) in [5.74, 6) is 1.09. The highest BCUT2D eigenvalue weighted by molar-refractivity contribution is 7.99. The number of carbonyl (C=O) groups excluding carboxylic acids is 1. The normalized spacial score (nSPS) is 12.1. The van der Waals surface area contributed by atoms with Crippen molar-refractivity contribution in [1.29, 1.82) is 0 Å². The molecule has 0 bridgehead atoms. The molecule has 1 unspecified atom stereocenters. The van der Waals surface area contributed by atoms with Crippen molar-refractivity contribution in [3.63, 3.8) is 0 Å². The van der Waals surface area contributed by atoms with Crippen molar-refractivity contribution in [2.75, 3.05) is 12.4 Å². The number of nitrogens with zero attached hydrogens (tertiary/aromatic N) is 1. The number of pyridine rings is 1. The second kappa shape index (κ2) is 10.9. The van der Waals surface area contributed by atoms with Gasteiger partial charge in [-0.05, 0) is 24.5 Å². The van der Waals surface area contributed by atoms with Crippen LogP contribution >= 0.6 is 23.4 Å². The minimum absolute atomic E-state index is 0.112. The molecule has 1 atom stereocenters. The van der Waals surface area contributed by atoms with E-state index in [9.17, 15) is 4.79 Å². The van der Waals surface area contributed by atoms with E-state index in [-0.39, 0.29) is 5.97 Å². The van der Waals surface area contributed by atoms with Gasteiger partial charge in [-0.1, -0.05) is 44.7 Å². The quantitative estimate of drug-likeness (QED) is 0.345. The van der Waals surface area contributed by atoms with Gasteiger partial charge in [0.15, 0.2) is 0 Å². The fraction of sp³-hybridized carbons (Fsp3) is 0.625. The largest absolute Gasteiger partial charge is 0.465 e. The second-order valence-electron chi connectivity index (χ2n) is 5.01. The Kier molecular flexibility index (Phi) is 9.51. The number of halogens is 1. The van der Waals surface area contributed by atoms with E-state index in [0.29, 0.717) is 29.9 Å². The molecule has 1 aromatic rings. The van der Waals surface area contributed by atoms with Crippen LogP contribution in [0.2, 0.25) is 5.15 Å². The number of thioether (sulfide) groups is 1. The first kappa shape index (κ1) is 18.3. The number of aromatic nitrogens is 1. The number of carbonyl (C=O) groups is 1. The second-order valence-corrected chi connectivity index (χ2v) is 6.57. The number of rotatable bonds is 10. The van der Waals surface area contributed by atoms with Gasteiger partial charge >= 0.3 is 5.97 Å². The zero-order valence-electron chi connectivity index (χ0n) is 12.8. The number of hydrogen-bond acceptors (Lipinski definition) is 4. The molecule has 1 aromatic heterocycles. The predicted octanol–water partition coefficient (Wildman–Crippen LogP) is 4.98. The fourth-order valence-electron chi connectivity index (χ4n) is 1.88. The summed E-state index contributed by atoms with van der Waals surface area (Å²) in [7, 11) is 0. The summed E-state index contributed by atoms with van der Waals surface area (Å²) in [5, 5.41) is 0.483. The molecule has 118 valence electrons. The van der Waals surface area contributed by atoms with E-state index < -0.39 is 0 Å². The van der Waals surface area contributed by atoms with Crippen LogP contribution in [0.4, 0.5) is 0 Å². The Morgan fingerprint density at radius 1 is 1.43 bits per heavy atom. The van der Waals surface area contributed by atoms with E-state index in [0.717, 1.165) is 17.7 Å². The van der Waals surface area contributed by atoms with Crippen molar-refractivity contribution < 1.29 is 9.53 Å². The summed E-state index contributed by atoms with van der Waals surface area (Å²) in [6.45, 7) is 4.89. The van der Waals surface area contributed by atoms with Crippen molar-refractivity contribution in [3.8, 4) is 0 Å². The Balaban J connectivity index is 2.17. The summed E-state index contributed by atoms with van der Waals surface area (Å²) in [6.07, 6.45) is 6.75. The molecule has 0 saturated carbocycles. The Hall–Kier alpha value is -0.740. The lowest BCUT2D eigenvalue weighted by atomic mass is 10.0. The molecule has 0 N–H and O–H groups in total. The topological polar surface area (TPSA) is 39.2 Å². The van der Waals surface area contributed by atoms with Gasteiger partial charge in [0.25, 0.3) is 0 Å². The molecule has 0 aromatic carbocycles. The van der Waals surface area contributed by atoms with E-state index in [1.165, 1.54) is 12.8 Å². The molecule has 1 rings (SSSR count). The summed E-state index contributed by atoms with van der Waals surface area (Å²) < 4.78 is 5.36. The van der Waals surface area contributed by atoms with E-state index in [1.54, 1.807) is 24.0 Å². The van der Waals surface area contributed by atoms with Crippen molar-refractivity contribution in [2.45, 2.75) is 50.8 Å². The van der Waals surface area contributed by atoms with Gasteiger partial charge in [-0.25, -0.2) is 4.98 Å². The van der Waals surface area contributed by atoms with E-state index in [4.69, 9.17) is 16.3 Å². The van der Waals surface area contributed by atoms with Gasteiger partial charge in [0.2, 0.25) is 0 Å². The maximum Gasteiger partial charge on any atom is 0.306 e. The van der Waals surface area contributed by atoms with Crippen LogP contribution in [0, 0.1) is 5.92 Å². The highest BCUT2D eigenvalue weighted by atomic mass is 35.5. The van der Waals surface area contributed by atoms with Crippen molar-refractivity contribution in [3.05, 3.63) is 23.5 Å². The number of ether oxygens (including phenoxy) is 1. The standard InChI is InChI=1S/C16H24ClNO2S/c1-3-5-6-13(4-2)12-20-16(19)9-10-21-14-7-8-15(17)18-11-14/h7-8,11,13H,3-6,9-10,12H2,1-2H3. The van der Waals surface area contributed by atoms with Gasteiger partial charge < -0.3 is 4.74 Å². The van der Waals surface area contributed by atoms with Gasteiger partial charge in [-0.2, -0.15) is 0 Å². The molecule has 5 heteroatoms. The molecule has 0 spiro atoms. The van der Waals surface area contributed by atoms with Crippen LogP contribution in [0.1, 0.15) is 46.0 Å². The van der Waals surface area contributed by atoms with E-state index in [1.807, 2.05) is 6.07 Å². The predicted molar refractivity (Wildman–Crippen MR) is 88.9 cm³/mol. The summed E-state index contributed by atoms with van der Waals surface area (Å²) in [4.78, 5) is 16.7. The number of esters is 1. The smallest absolute Gasteiger partial charge is 0.306 e. The molecule has 0 radical (unpaired) electrons. The SMILES string of the molecule is CCCCC(CC)COC(=O)CCSc1ccc(Cl)nc1. The van der Waals surface area contributed by atoms with Gasteiger partial charge in [-0.3, -0.25) is 4.79 Å². The van der Waals surface area contributed by atoms with Crippen LogP contribution in [0.5, 0.6) is 0 Å². The first-order valence-electron chi connectivity index (χ1n) is 7.55. The van der Waals surface area contributed by atoms with Crippen LogP contribution < -0.4 is 0 Å². The lowest BCUT2D eigenvalue weighted by Crippen LogP contribution is -2.14. The molecular weight excluding hydrogens is 306 g/mol. The highest BCUT2D eigenvalue weighted by Gasteiger charge is 2.10. The zero-order chi connectivity index (χ0) is 15.5. The molecular formula is C16H24ClNO2S. The van der Waals surface area contributed by atoms with E-state index in [2.05, 4.69) is 18.8 Å². The minimum Gasteiger partial charge on any atom is -0.465 e. The molecule has 0 aliphatic rings. The highest BCUT2D eigenvalue weighted by Crippen LogP contribution is 2.19. The zero-order valence-corrected chi connectivity index (χ0v) is 14.4. The average Bonchev–Trinajstić information content (AvgIpc) is 2.49. The van der Waals surface area contributed by atoms with Crippen molar-refractivity contribution >= 4 is 29.3 Å². The molecule has 0 saturated heterocycles. The number of hydrogen-bond donors (Lipinski definition) is 0. The van der Waals surface area contributed by atoms with Gasteiger partial charge in [0.1, 0.15) is 5.15 Å². The first-order valence-corrected chi connectivity index (χ1v) is 8.92. The van der Waals surface area contributed by atoms with Crippen LogP contribution in [-0.4, -0.2) is 23.3 Å². The molecule has 0 fully saturated rings. The third-order valence-electron chi connectivity index (χ3n) is 3.30. The Morgan fingerprint density at radius 2 is 2.24 bits per heavy atom. The molecule has 0 amide bonds. The maximum atomic E-state index is 11.7. The average molecular weight is 330 g/mol.